The van der Waals surface area contributed by atoms with E-state index in [0.717, 1.165) is 0 Å². The Morgan fingerprint density at radius 2 is 1.50 bits per heavy atom. The first-order chi connectivity index (χ1) is 15.5. The molecule has 0 aromatic heterocycles. The van der Waals surface area contributed by atoms with E-state index < -0.39 is 5.92 Å². The van der Waals surface area contributed by atoms with Crippen LogP contribution in [0.2, 0.25) is 0 Å². The van der Waals surface area contributed by atoms with Gasteiger partial charge < -0.3 is 14.6 Å². The van der Waals surface area contributed by atoms with Gasteiger partial charge in [0.15, 0.2) is 0 Å². The van der Waals surface area contributed by atoms with Crippen LogP contribution in [0.25, 0.3) is 21.5 Å². The molecule has 0 amide bonds. The third-order valence-electron chi connectivity index (χ3n) is 5.89. The molecule has 0 bridgehead atoms. The van der Waals surface area contributed by atoms with Crippen LogP contribution < -0.4 is 0 Å². The minimum Gasteiger partial charge on any atom is -0.465 e. The lowest BCUT2D eigenvalue weighted by molar-refractivity contribution is -0.152. The van der Waals surface area contributed by atoms with Crippen LogP contribution in [0.1, 0.15) is 38.7 Å². The van der Waals surface area contributed by atoms with Gasteiger partial charge in [-0.15, -0.1) is 0 Å². The molecule has 170 valence electrons. The van der Waals surface area contributed by atoms with Gasteiger partial charge in [0, 0.05) is 19.4 Å². The van der Waals surface area contributed by atoms with Gasteiger partial charge in [-0.05, 0) is 46.0 Å². The molecule has 0 saturated heterocycles. The monoisotopic (exact) mass is 436 g/mol. The van der Waals surface area contributed by atoms with Gasteiger partial charge in [0.05, 0.1) is 25.0 Å². The highest BCUT2D eigenvalue weighted by molar-refractivity contribution is 6.02. The van der Waals surface area contributed by atoms with Crippen molar-refractivity contribution < 1.29 is 24.2 Å². The van der Waals surface area contributed by atoms with Crippen molar-refractivity contribution in [2.45, 2.75) is 39.5 Å². The molecular weight excluding hydrogens is 404 g/mol. The molecule has 3 rings (SSSR count). The van der Waals surface area contributed by atoms with Gasteiger partial charge in [-0.2, -0.15) is 0 Å². The van der Waals surface area contributed by atoms with Crippen LogP contribution in [-0.4, -0.2) is 36.9 Å². The fourth-order valence-corrected chi connectivity index (χ4v) is 4.08. The van der Waals surface area contributed by atoms with E-state index in [-0.39, 0.29) is 31.1 Å². The Bertz CT molecular complexity index is 1000. The van der Waals surface area contributed by atoms with E-state index in [1.54, 1.807) is 6.92 Å². The summed E-state index contributed by atoms with van der Waals surface area (Å²) in [7, 11) is 0. The molecule has 32 heavy (non-hydrogen) atoms. The van der Waals surface area contributed by atoms with Crippen LogP contribution in [0.5, 0.6) is 0 Å². The topological polar surface area (TPSA) is 72.8 Å². The molecule has 5 nitrogen and oxygen atoms in total. The summed E-state index contributed by atoms with van der Waals surface area (Å²) in [5.41, 5.74) is 1.18. The van der Waals surface area contributed by atoms with Crippen LogP contribution in [-0.2, 0) is 25.5 Å². The zero-order valence-electron chi connectivity index (χ0n) is 18.9. The van der Waals surface area contributed by atoms with Gasteiger partial charge in [-0.3, -0.25) is 9.59 Å². The number of fused-ring (bicyclic) bond motifs is 2. The Hall–Kier alpha value is -2.92. The van der Waals surface area contributed by atoms with Gasteiger partial charge in [-0.1, -0.05) is 62.4 Å². The van der Waals surface area contributed by atoms with E-state index in [4.69, 9.17) is 14.6 Å². The number of carbonyl (C=O) groups excluding carboxylic acids is 2. The molecule has 0 aliphatic carbocycles. The highest BCUT2D eigenvalue weighted by atomic mass is 16.5. The van der Waals surface area contributed by atoms with Gasteiger partial charge in [-0.25, -0.2) is 0 Å². The van der Waals surface area contributed by atoms with Gasteiger partial charge >= 0.3 is 11.9 Å². The molecule has 0 radical (unpaired) electrons. The second-order valence-electron chi connectivity index (χ2n) is 8.20. The minimum atomic E-state index is -0.394. The maximum atomic E-state index is 12.6. The fraction of sp³-hybridized carbons (Fsp3) is 0.407. The smallest absolute Gasteiger partial charge is 0.308 e. The second kappa shape index (κ2) is 11.6. The zero-order valence-corrected chi connectivity index (χ0v) is 18.9. The molecule has 0 aliphatic heterocycles. The molecule has 5 heteroatoms. The number of rotatable bonds is 11. The number of esters is 2. The number of carbonyl (C=O) groups is 2. The van der Waals surface area contributed by atoms with Crippen molar-refractivity contribution in [1.29, 1.82) is 0 Å². The molecule has 0 fully saturated rings. The fourth-order valence-electron chi connectivity index (χ4n) is 4.08. The Kier molecular flexibility index (Phi) is 8.63. The highest BCUT2D eigenvalue weighted by Gasteiger charge is 2.25. The van der Waals surface area contributed by atoms with Gasteiger partial charge in [0.2, 0.25) is 0 Å². The third-order valence-corrected chi connectivity index (χ3v) is 5.89. The van der Waals surface area contributed by atoms with Crippen LogP contribution in [0.4, 0.5) is 0 Å². The Morgan fingerprint density at radius 1 is 0.906 bits per heavy atom. The molecule has 0 spiro atoms. The van der Waals surface area contributed by atoms with E-state index >= 15 is 0 Å². The van der Waals surface area contributed by atoms with Crippen molar-refractivity contribution in [3.63, 3.8) is 0 Å². The van der Waals surface area contributed by atoms with E-state index in [9.17, 15) is 9.59 Å². The first-order valence-electron chi connectivity index (χ1n) is 11.4. The summed E-state index contributed by atoms with van der Waals surface area (Å²) in [4.78, 5) is 24.8. The normalized spacial score (nSPS) is 13.1. The summed E-state index contributed by atoms with van der Waals surface area (Å²) in [6.45, 7) is 4.17. The molecule has 0 heterocycles. The van der Waals surface area contributed by atoms with E-state index in [2.05, 4.69) is 30.3 Å². The van der Waals surface area contributed by atoms with E-state index in [0.29, 0.717) is 32.3 Å². The van der Waals surface area contributed by atoms with Crippen molar-refractivity contribution in [3.8, 4) is 0 Å². The average molecular weight is 437 g/mol. The van der Waals surface area contributed by atoms with E-state index in [1.165, 1.54) is 27.1 Å². The Morgan fingerprint density at radius 3 is 2.09 bits per heavy atom. The number of aliphatic hydroxyl groups excluding tert-OH is 1. The predicted octanol–water partition coefficient (Wildman–Crippen LogP) is 5.06. The van der Waals surface area contributed by atoms with Crippen molar-refractivity contribution >= 4 is 33.5 Å². The van der Waals surface area contributed by atoms with Crippen molar-refractivity contribution in [2.75, 3.05) is 19.8 Å². The standard InChI is InChI=1S/C27H32O5/c1-3-20(27(30)31-15-8-14-28)17-19(2)26(29)32-16-13-25-23-11-6-4-9-21(23)18-22-10-5-7-12-24(22)25/h4-7,9-12,18-20,28H,3,8,13-17H2,1-2H3. The molecular formula is C27H32O5. The molecule has 2 atom stereocenters. The van der Waals surface area contributed by atoms with Gasteiger partial charge in [0.1, 0.15) is 0 Å². The number of benzene rings is 3. The number of aliphatic hydroxyl groups is 1. The Balaban J connectivity index is 1.61. The third kappa shape index (κ3) is 5.86. The lowest BCUT2D eigenvalue weighted by Crippen LogP contribution is -2.25. The zero-order chi connectivity index (χ0) is 22.9. The predicted molar refractivity (Wildman–Crippen MR) is 126 cm³/mol. The number of ether oxygens (including phenoxy) is 2. The average Bonchev–Trinajstić information content (AvgIpc) is 2.81. The second-order valence-corrected chi connectivity index (χ2v) is 8.20. The summed E-state index contributed by atoms with van der Waals surface area (Å²) in [6, 6.07) is 18.7. The maximum absolute atomic E-state index is 12.6. The summed E-state index contributed by atoms with van der Waals surface area (Å²) in [5, 5.41) is 13.5. The largest absolute Gasteiger partial charge is 0.465 e. The highest BCUT2D eigenvalue weighted by Crippen LogP contribution is 2.29. The van der Waals surface area contributed by atoms with Crippen LogP contribution >= 0.6 is 0 Å². The quantitative estimate of drug-likeness (QED) is 0.258. The van der Waals surface area contributed by atoms with Gasteiger partial charge in [0.25, 0.3) is 0 Å². The number of hydrogen-bond acceptors (Lipinski definition) is 5. The van der Waals surface area contributed by atoms with Crippen molar-refractivity contribution in [2.24, 2.45) is 11.8 Å². The summed E-state index contributed by atoms with van der Waals surface area (Å²) >= 11 is 0. The molecule has 1 N–H and O–H groups in total. The summed E-state index contributed by atoms with van der Waals surface area (Å²) in [5.74, 6) is -1.35. The van der Waals surface area contributed by atoms with E-state index in [1.807, 2.05) is 31.2 Å². The summed E-state index contributed by atoms with van der Waals surface area (Å²) < 4.78 is 10.8. The molecule has 2 unspecified atom stereocenters. The maximum Gasteiger partial charge on any atom is 0.308 e. The van der Waals surface area contributed by atoms with Crippen LogP contribution in [0, 0.1) is 11.8 Å². The first kappa shape index (κ1) is 23.7. The SMILES string of the molecule is CCC(CC(C)C(=O)OCCc1c2ccccc2cc2ccccc12)C(=O)OCCCO. The number of hydrogen-bond donors (Lipinski definition) is 1. The lowest BCUT2D eigenvalue weighted by Gasteiger charge is -2.18. The molecule has 0 aliphatic rings. The molecule has 0 saturated carbocycles. The minimum absolute atomic E-state index is 0.0151. The first-order valence-corrected chi connectivity index (χ1v) is 11.4. The molecule has 3 aromatic carbocycles. The van der Waals surface area contributed by atoms with Crippen LogP contribution in [0.15, 0.2) is 54.6 Å². The molecule has 3 aromatic rings. The van der Waals surface area contributed by atoms with Crippen LogP contribution in [0.3, 0.4) is 0 Å². The van der Waals surface area contributed by atoms with Crippen molar-refractivity contribution in [3.05, 3.63) is 60.2 Å². The Labute approximate surface area is 189 Å². The van der Waals surface area contributed by atoms with Crippen molar-refractivity contribution in [1.82, 2.24) is 0 Å². The summed E-state index contributed by atoms with van der Waals surface area (Å²) in [6.07, 6.45) is 2.03. The lowest BCUT2D eigenvalue weighted by atomic mass is 9.93.